The normalized spacial score (nSPS) is 16.2. The van der Waals surface area contributed by atoms with Crippen LogP contribution in [0.15, 0.2) is 53.4 Å². The van der Waals surface area contributed by atoms with E-state index in [0.717, 1.165) is 0 Å². The van der Waals surface area contributed by atoms with Gasteiger partial charge < -0.3 is 14.4 Å². The maximum Gasteiger partial charge on any atom is 0.263 e. The molecule has 2 aromatic carbocycles. The minimum atomic E-state index is -3.61. The van der Waals surface area contributed by atoms with Gasteiger partial charge in [-0.15, -0.1) is 0 Å². The van der Waals surface area contributed by atoms with Crippen LogP contribution < -0.4 is 9.47 Å². The molecule has 7 nitrogen and oxygen atoms in total. The lowest BCUT2D eigenvalue weighted by atomic mass is 10.0. The van der Waals surface area contributed by atoms with Crippen LogP contribution >= 0.6 is 0 Å². The molecule has 0 spiro atoms. The van der Waals surface area contributed by atoms with Crippen molar-refractivity contribution in [2.45, 2.75) is 37.7 Å². The van der Waals surface area contributed by atoms with Gasteiger partial charge in [-0.05, 0) is 54.8 Å². The molecule has 1 amide bonds. The number of hydrogen-bond acceptors (Lipinski definition) is 5. The second-order valence-corrected chi connectivity index (χ2v) is 9.83. The molecule has 1 aliphatic rings. The minimum absolute atomic E-state index is 0.144. The fourth-order valence-electron chi connectivity index (χ4n) is 3.49. The quantitative estimate of drug-likeness (QED) is 0.653. The molecule has 8 heteroatoms. The molecule has 1 unspecified atom stereocenters. The summed E-state index contributed by atoms with van der Waals surface area (Å²) in [6.07, 6.45) is -0.644. The first-order valence-electron chi connectivity index (χ1n) is 10.4. The van der Waals surface area contributed by atoms with E-state index in [1.54, 1.807) is 24.0 Å². The van der Waals surface area contributed by atoms with Crippen molar-refractivity contribution in [1.82, 2.24) is 9.21 Å². The average Bonchev–Trinajstić information content (AvgIpc) is 2.79. The molecule has 0 N–H and O–H groups in total. The Labute approximate surface area is 184 Å². The second-order valence-electron chi connectivity index (χ2n) is 7.89. The van der Waals surface area contributed by atoms with E-state index in [0.29, 0.717) is 30.5 Å². The molecule has 0 radical (unpaired) electrons. The lowest BCUT2D eigenvalue weighted by Crippen LogP contribution is -2.53. The highest BCUT2D eigenvalue weighted by Crippen LogP contribution is 2.22. The van der Waals surface area contributed by atoms with Crippen LogP contribution in [-0.4, -0.2) is 62.9 Å². The molecule has 1 fully saturated rings. The Balaban J connectivity index is 1.57. The summed E-state index contributed by atoms with van der Waals surface area (Å²) in [7, 11) is -2.07. The van der Waals surface area contributed by atoms with Crippen molar-refractivity contribution < 1.29 is 22.7 Å². The predicted molar refractivity (Wildman–Crippen MR) is 119 cm³/mol. The van der Waals surface area contributed by atoms with Gasteiger partial charge in [0.2, 0.25) is 10.0 Å². The van der Waals surface area contributed by atoms with Gasteiger partial charge >= 0.3 is 0 Å². The molecule has 168 valence electrons. The molecule has 1 aliphatic heterocycles. The first-order valence-corrected chi connectivity index (χ1v) is 11.9. The summed E-state index contributed by atoms with van der Waals surface area (Å²) in [4.78, 5) is 14.7. The summed E-state index contributed by atoms with van der Waals surface area (Å²) >= 11 is 0. The number of methoxy groups -OCH3 is 1. The Morgan fingerprint density at radius 1 is 0.871 bits per heavy atom. The molecule has 1 saturated heterocycles. The maximum atomic E-state index is 12.9. The van der Waals surface area contributed by atoms with E-state index in [9.17, 15) is 13.2 Å². The molecular formula is C23H30N2O5S. The van der Waals surface area contributed by atoms with Crippen molar-refractivity contribution in [3.63, 3.8) is 0 Å². The molecular weight excluding hydrogens is 416 g/mol. The fraction of sp³-hybridized carbons (Fsp3) is 0.435. The van der Waals surface area contributed by atoms with Crippen LogP contribution in [-0.2, 0) is 14.8 Å². The number of carbonyl (C=O) groups excluding carboxylic acids is 1. The summed E-state index contributed by atoms with van der Waals surface area (Å²) in [5, 5.41) is 0. The molecule has 2 aromatic rings. The van der Waals surface area contributed by atoms with E-state index in [1.165, 1.54) is 29.1 Å². The van der Waals surface area contributed by atoms with Gasteiger partial charge in [0.05, 0.1) is 12.0 Å². The Morgan fingerprint density at radius 3 is 1.94 bits per heavy atom. The number of piperazine rings is 1. The highest BCUT2D eigenvalue weighted by molar-refractivity contribution is 7.89. The number of benzene rings is 2. The van der Waals surface area contributed by atoms with Crippen molar-refractivity contribution in [1.29, 1.82) is 0 Å². The Kier molecular flexibility index (Phi) is 7.23. The predicted octanol–water partition coefficient (Wildman–Crippen LogP) is 3.12. The third-order valence-corrected chi connectivity index (χ3v) is 7.37. The first kappa shape index (κ1) is 23.1. The number of hydrogen-bond donors (Lipinski definition) is 0. The number of sulfonamides is 1. The van der Waals surface area contributed by atoms with Gasteiger partial charge in [-0.3, -0.25) is 4.79 Å². The van der Waals surface area contributed by atoms with Crippen LogP contribution in [0.2, 0.25) is 0 Å². The third-order valence-electron chi connectivity index (χ3n) is 5.45. The maximum absolute atomic E-state index is 12.9. The Bertz CT molecular complexity index is 980. The smallest absolute Gasteiger partial charge is 0.263 e. The third kappa shape index (κ3) is 5.37. The molecule has 0 aliphatic carbocycles. The zero-order valence-corrected chi connectivity index (χ0v) is 19.3. The van der Waals surface area contributed by atoms with Crippen molar-refractivity contribution in [3.8, 4) is 11.5 Å². The Hall–Kier alpha value is -2.58. The summed E-state index contributed by atoms with van der Waals surface area (Å²) in [5.41, 5.74) is 1.21. The van der Waals surface area contributed by atoms with E-state index in [1.807, 2.05) is 24.3 Å². The number of amides is 1. The van der Waals surface area contributed by atoms with E-state index in [-0.39, 0.29) is 23.9 Å². The van der Waals surface area contributed by atoms with Crippen molar-refractivity contribution >= 4 is 15.9 Å². The molecule has 1 heterocycles. The minimum Gasteiger partial charge on any atom is -0.497 e. The SMILES string of the molecule is COc1ccc(S(=O)(=O)N2CCN(C(=O)C(C)Oc3ccc(C(C)C)cc3)CC2)cc1. The molecule has 3 rings (SSSR count). The highest BCUT2D eigenvalue weighted by atomic mass is 32.2. The van der Waals surface area contributed by atoms with E-state index >= 15 is 0 Å². The van der Waals surface area contributed by atoms with E-state index in [4.69, 9.17) is 9.47 Å². The number of rotatable bonds is 7. The average molecular weight is 447 g/mol. The Morgan fingerprint density at radius 2 is 1.42 bits per heavy atom. The van der Waals surface area contributed by atoms with Gasteiger partial charge in [-0.2, -0.15) is 4.31 Å². The van der Waals surface area contributed by atoms with Gasteiger partial charge in [0.1, 0.15) is 11.5 Å². The fourth-order valence-corrected chi connectivity index (χ4v) is 4.91. The van der Waals surface area contributed by atoms with Crippen LogP contribution in [0.1, 0.15) is 32.3 Å². The summed E-state index contributed by atoms with van der Waals surface area (Å²) in [6, 6.07) is 14.1. The van der Waals surface area contributed by atoms with E-state index < -0.39 is 16.1 Å². The number of ether oxygens (including phenoxy) is 2. The lowest BCUT2D eigenvalue weighted by Gasteiger charge is -2.35. The molecule has 0 saturated carbocycles. The van der Waals surface area contributed by atoms with Gasteiger partial charge in [0.25, 0.3) is 5.91 Å². The first-order chi connectivity index (χ1) is 14.7. The largest absolute Gasteiger partial charge is 0.497 e. The molecule has 0 bridgehead atoms. The summed E-state index contributed by atoms with van der Waals surface area (Å²) < 4.78 is 38.1. The van der Waals surface area contributed by atoms with Crippen LogP contribution in [0.5, 0.6) is 11.5 Å². The summed E-state index contributed by atoms with van der Waals surface area (Å²) in [5.74, 6) is 1.53. The lowest BCUT2D eigenvalue weighted by molar-refractivity contribution is -0.139. The topological polar surface area (TPSA) is 76.2 Å². The van der Waals surface area contributed by atoms with E-state index in [2.05, 4.69) is 13.8 Å². The molecule has 0 aromatic heterocycles. The highest BCUT2D eigenvalue weighted by Gasteiger charge is 2.32. The van der Waals surface area contributed by atoms with Crippen LogP contribution in [0, 0.1) is 0 Å². The van der Waals surface area contributed by atoms with Gasteiger partial charge in [-0.1, -0.05) is 26.0 Å². The molecule has 31 heavy (non-hydrogen) atoms. The monoisotopic (exact) mass is 446 g/mol. The van der Waals surface area contributed by atoms with Crippen molar-refractivity contribution in [2.75, 3.05) is 33.3 Å². The summed E-state index contributed by atoms with van der Waals surface area (Å²) in [6.45, 7) is 7.11. The van der Waals surface area contributed by atoms with Crippen molar-refractivity contribution in [2.24, 2.45) is 0 Å². The zero-order valence-electron chi connectivity index (χ0n) is 18.4. The number of carbonyl (C=O) groups is 1. The standard InChI is InChI=1S/C23H30N2O5S/c1-17(2)19-5-7-21(8-6-19)30-18(3)23(26)24-13-15-25(16-14-24)31(27,28)22-11-9-20(29-4)10-12-22/h5-12,17-18H,13-16H2,1-4H3. The van der Waals surface area contributed by atoms with Gasteiger partial charge in [0.15, 0.2) is 6.10 Å². The second kappa shape index (κ2) is 9.70. The van der Waals surface area contributed by atoms with Gasteiger partial charge in [0, 0.05) is 26.2 Å². The number of nitrogens with zero attached hydrogens (tertiary/aromatic N) is 2. The van der Waals surface area contributed by atoms with Crippen molar-refractivity contribution in [3.05, 3.63) is 54.1 Å². The van der Waals surface area contributed by atoms with Crippen LogP contribution in [0.25, 0.3) is 0 Å². The zero-order chi connectivity index (χ0) is 22.6. The van der Waals surface area contributed by atoms with Gasteiger partial charge in [-0.25, -0.2) is 8.42 Å². The van der Waals surface area contributed by atoms with Crippen LogP contribution in [0.3, 0.4) is 0 Å². The van der Waals surface area contributed by atoms with Crippen LogP contribution in [0.4, 0.5) is 0 Å². The molecule has 1 atom stereocenters.